The average Bonchev–Trinajstić information content (AvgIpc) is 2.64. The minimum Gasteiger partial charge on any atom is -0.493 e. The summed E-state index contributed by atoms with van der Waals surface area (Å²) in [5.41, 5.74) is 0.392. The fourth-order valence-corrected chi connectivity index (χ4v) is 2.74. The van der Waals surface area contributed by atoms with E-state index in [1.165, 1.54) is 26.4 Å². The fourth-order valence-electron chi connectivity index (χ4n) is 2.74. The largest absolute Gasteiger partial charge is 0.493 e. The van der Waals surface area contributed by atoms with Gasteiger partial charge < -0.3 is 24.8 Å². The van der Waals surface area contributed by atoms with Gasteiger partial charge in [0, 0.05) is 11.8 Å². The van der Waals surface area contributed by atoms with Crippen LogP contribution >= 0.6 is 0 Å². The normalized spacial score (nSPS) is 16.3. The van der Waals surface area contributed by atoms with Crippen molar-refractivity contribution in [3.05, 3.63) is 39.1 Å². The molecule has 1 unspecified atom stereocenters. The first-order chi connectivity index (χ1) is 12.8. The summed E-state index contributed by atoms with van der Waals surface area (Å²) >= 11 is 0. The second-order valence-corrected chi connectivity index (χ2v) is 5.74. The standard InChI is InChI=1S/C17H21N3O7/c1-5-6-27-15-11(20(23)24)7-10(8-12(15)25-3)14-13(16(21)26-4)9(2)18-17(22)19-14/h7-8,14H,5-6H2,1-4H3,(H2,18,19,22). The predicted octanol–water partition coefficient (Wildman–Crippen LogP) is 2.19. The molecule has 1 atom stereocenters. The molecule has 10 heteroatoms. The van der Waals surface area contributed by atoms with E-state index in [1.807, 2.05) is 6.92 Å². The van der Waals surface area contributed by atoms with Gasteiger partial charge in [0.05, 0.1) is 37.4 Å². The maximum Gasteiger partial charge on any atom is 0.337 e. The van der Waals surface area contributed by atoms with E-state index in [0.29, 0.717) is 12.1 Å². The Hall–Kier alpha value is -3.30. The van der Waals surface area contributed by atoms with Crippen molar-refractivity contribution in [1.29, 1.82) is 0 Å². The van der Waals surface area contributed by atoms with Crippen molar-refractivity contribution < 1.29 is 28.7 Å². The monoisotopic (exact) mass is 379 g/mol. The van der Waals surface area contributed by atoms with Crippen LogP contribution in [0.1, 0.15) is 31.9 Å². The molecule has 1 aromatic rings. The SMILES string of the molecule is CCCOc1c(OC)cc(C2NC(=O)NC(C)=C2C(=O)OC)cc1[N+](=O)[O-]. The highest BCUT2D eigenvalue weighted by atomic mass is 16.6. The molecule has 1 aliphatic rings. The van der Waals surface area contributed by atoms with E-state index >= 15 is 0 Å². The van der Waals surface area contributed by atoms with Crippen LogP contribution in [0.5, 0.6) is 11.5 Å². The summed E-state index contributed by atoms with van der Waals surface area (Å²) in [5, 5.41) is 16.6. The van der Waals surface area contributed by atoms with Gasteiger partial charge in [-0.2, -0.15) is 0 Å². The minimum atomic E-state index is -0.945. The van der Waals surface area contributed by atoms with Crippen molar-refractivity contribution in [1.82, 2.24) is 10.6 Å². The first-order valence-corrected chi connectivity index (χ1v) is 8.19. The number of carbonyl (C=O) groups excluding carboxylic acids is 2. The van der Waals surface area contributed by atoms with Gasteiger partial charge in [-0.3, -0.25) is 10.1 Å². The smallest absolute Gasteiger partial charge is 0.337 e. The average molecular weight is 379 g/mol. The van der Waals surface area contributed by atoms with Crippen LogP contribution in [-0.2, 0) is 9.53 Å². The van der Waals surface area contributed by atoms with Gasteiger partial charge in [0.15, 0.2) is 5.75 Å². The third kappa shape index (κ3) is 4.10. The summed E-state index contributed by atoms with van der Waals surface area (Å²) in [7, 11) is 2.56. The predicted molar refractivity (Wildman–Crippen MR) is 94.6 cm³/mol. The molecule has 0 saturated heterocycles. The topological polar surface area (TPSA) is 129 Å². The van der Waals surface area contributed by atoms with E-state index in [-0.39, 0.29) is 34.9 Å². The van der Waals surface area contributed by atoms with Crippen LogP contribution in [0.4, 0.5) is 10.5 Å². The van der Waals surface area contributed by atoms with Crippen molar-refractivity contribution in [2.75, 3.05) is 20.8 Å². The molecule has 0 bridgehead atoms. The molecule has 0 saturated carbocycles. The van der Waals surface area contributed by atoms with E-state index in [9.17, 15) is 19.7 Å². The van der Waals surface area contributed by atoms with E-state index in [2.05, 4.69) is 10.6 Å². The number of ether oxygens (including phenoxy) is 3. The number of hydrogen-bond acceptors (Lipinski definition) is 7. The van der Waals surface area contributed by atoms with E-state index in [1.54, 1.807) is 6.92 Å². The third-order valence-corrected chi connectivity index (χ3v) is 3.93. The molecular weight excluding hydrogens is 358 g/mol. The molecule has 146 valence electrons. The quantitative estimate of drug-likeness (QED) is 0.422. The van der Waals surface area contributed by atoms with E-state index in [4.69, 9.17) is 14.2 Å². The molecule has 27 heavy (non-hydrogen) atoms. The number of rotatable bonds is 7. The number of nitrogens with one attached hydrogen (secondary N) is 2. The Morgan fingerprint density at radius 1 is 1.33 bits per heavy atom. The van der Waals surface area contributed by atoms with E-state index < -0.39 is 23.0 Å². The van der Waals surface area contributed by atoms with Gasteiger partial charge in [-0.1, -0.05) is 6.92 Å². The number of hydrogen-bond donors (Lipinski definition) is 2. The zero-order valence-corrected chi connectivity index (χ0v) is 15.5. The highest BCUT2D eigenvalue weighted by Crippen LogP contribution is 2.41. The van der Waals surface area contributed by atoms with Crippen LogP contribution in [0.3, 0.4) is 0 Å². The molecule has 2 amide bonds. The molecule has 2 rings (SSSR count). The number of allylic oxidation sites excluding steroid dienone is 1. The highest BCUT2D eigenvalue weighted by Gasteiger charge is 2.34. The van der Waals surface area contributed by atoms with Crippen molar-refractivity contribution in [3.8, 4) is 11.5 Å². The number of carbonyl (C=O) groups is 2. The summed E-state index contributed by atoms with van der Waals surface area (Å²) in [6.07, 6.45) is 0.654. The lowest BCUT2D eigenvalue weighted by atomic mass is 9.94. The molecule has 10 nitrogen and oxygen atoms in total. The summed E-state index contributed by atoms with van der Waals surface area (Å²) in [6.45, 7) is 3.68. The molecule has 0 spiro atoms. The molecule has 1 aliphatic heterocycles. The zero-order valence-electron chi connectivity index (χ0n) is 15.5. The number of nitrogens with zero attached hydrogens (tertiary/aromatic N) is 1. The van der Waals surface area contributed by atoms with Gasteiger partial charge in [0.25, 0.3) is 0 Å². The lowest BCUT2D eigenvalue weighted by Gasteiger charge is -2.28. The number of esters is 1. The molecule has 0 radical (unpaired) electrons. The molecule has 1 aromatic carbocycles. The highest BCUT2D eigenvalue weighted by molar-refractivity contribution is 5.95. The molecular formula is C17H21N3O7. The molecule has 0 aliphatic carbocycles. The number of urea groups is 1. The van der Waals surface area contributed by atoms with Crippen LogP contribution in [0.25, 0.3) is 0 Å². The Balaban J connectivity index is 2.64. The second-order valence-electron chi connectivity index (χ2n) is 5.74. The van der Waals surface area contributed by atoms with Crippen molar-refractivity contribution in [2.45, 2.75) is 26.3 Å². The van der Waals surface area contributed by atoms with Crippen molar-refractivity contribution in [3.63, 3.8) is 0 Å². The minimum absolute atomic E-state index is 0.00585. The second kappa shape index (κ2) is 8.39. The Morgan fingerprint density at radius 2 is 2.04 bits per heavy atom. The first-order valence-electron chi connectivity index (χ1n) is 8.19. The van der Waals surface area contributed by atoms with Crippen LogP contribution in [0.2, 0.25) is 0 Å². The number of nitro benzene ring substituents is 1. The number of nitro groups is 1. The lowest BCUT2D eigenvalue weighted by molar-refractivity contribution is -0.386. The molecule has 0 fully saturated rings. The number of amides is 2. The van der Waals surface area contributed by atoms with Crippen LogP contribution in [-0.4, -0.2) is 37.8 Å². The van der Waals surface area contributed by atoms with E-state index in [0.717, 1.165) is 0 Å². The number of methoxy groups -OCH3 is 2. The Labute approximate surface area is 155 Å². The Kier molecular flexibility index (Phi) is 6.22. The molecule has 2 N–H and O–H groups in total. The summed E-state index contributed by atoms with van der Waals surface area (Å²) in [4.78, 5) is 35.0. The number of benzene rings is 1. The summed E-state index contributed by atoms with van der Waals surface area (Å²) < 4.78 is 15.5. The first kappa shape index (κ1) is 20.0. The van der Waals surface area contributed by atoms with Crippen LogP contribution in [0, 0.1) is 10.1 Å². The Bertz CT molecular complexity index is 804. The van der Waals surface area contributed by atoms with Gasteiger partial charge in [0.1, 0.15) is 0 Å². The van der Waals surface area contributed by atoms with Gasteiger partial charge in [0.2, 0.25) is 5.75 Å². The fraction of sp³-hybridized carbons (Fsp3) is 0.412. The zero-order chi connectivity index (χ0) is 20.1. The van der Waals surface area contributed by atoms with Gasteiger partial charge in [-0.25, -0.2) is 9.59 Å². The van der Waals surface area contributed by atoms with Crippen molar-refractivity contribution >= 4 is 17.7 Å². The van der Waals surface area contributed by atoms with Crippen molar-refractivity contribution in [2.24, 2.45) is 0 Å². The Morgan fingerprint density at radius 3 is 2.59 bits per heavy atom. The van der Waals surface area contributed by atoms with Gasteiger partial charge in [-0.15, -0.1) is 0 Å². The lowest BCUT2D eigenvalue weighted by Crippen LogP contribution is -2.45. The molecule has 0 aromatic heterocycles. The van der Waals surface area contributed by atoms with Gasteiger partial charge in [-0.05, 0) is 25.0 Å². The van der Waals surface area contributed by atoms with Gasteiger partial charge >= 0.3 is 17.7 Å². The molecule has 1 heterocycles. The summed E-state index contributed by atoms with van der Waals surface area (Å²) in [5.74, 6) is -0.547. The van der Waals surface area contributed by atoms with Crippen LogP contribution < -0.4 is 20.1 Å². The maximum absolute atomic E-state index is 12.2. The third-order valence-electron chi connectivity index (χ3n) is 3.93. The maximum atomic E-state index is 12.2. The summed E-state index contributed by atoms with van der Waals surface area (Å²) in [6, 6.07) is 1.25. The van der Waals surface area contributed by atoms with Crippen LogP contribution in [0.15, 0.2) is 23.4 Å².